The Balaban J connectivity index is 3.04. The normalized spacial score (nSPS) is 10.7. The summed E-state index contributed by atoms with van der Waals surface area (Å²) in [6.07, 6.45) is 0. The Labute approximate surface area is 90.9 Å². The minimum Gasteiger partial charge on any atom is -0.508 e. The number of rotatable bonds is 4. The van der Waals surface area contributed by atoms with E-state index in [1.54, 1.807) is 6.07 Å². The molecule has 15 heavy (non-hydrogen) atoms. The van der Waals surface area contributed by atoms with Crippen LogP contribution in [0.1, 0.15) is 30.9 Å². The van der Waals surface area contributed by atoms with Crippen LogP contribution < -0.4 is 10.5 Å². The van der Waals surface area contributed by atoms with Crippen molar-refractivity contribution in [3.8, 4) is 11.5 Å². The Morgan fingerprint density at radius 3 is 2.60 bits per heavy atom. The summed E-state index contributed by atoms with van der Waals surface area (Å²) in [5, 5.41) is 9.59. The van der Waals surface area contributed by atoms with Gasteiger partial charge in [-0.05, 0) is 30.0 Å². The first-order chi connectivity index (χ1) is 7.06. The topological polar surface area (TPSA) is 55.5 Å². The Morgan fingerprint density at radius 2 is 2.07 bits per heavy atom. The van der Waals surface area contributed by atoms with Crippen molar-refractivity contribution in [2.75, 3.05) is 13.2 Å². The molecule has 0 aromatic heterocycles. The van der Waals surface area contributed by atoms with E-state index < -0.39 is 0 Å². The van der Waals surface area contributed by atoms with E-state index in [0.717, 1.165) is 16.9 Å². The zero-order chi connectivity index (χ0) is 11.4. The van der Waals surface area contributed by atoms with Crippen LogP contribution in [0.2, 0.25) is 0 Å². The first-order valence-corrected chi connectivity index (χ1v) is 5.22. The van der Waals surface area contributed by atoms with Gasteiger partial charge in [-0.3, -0.25) is 0 Å². The van der Waals surface area contributed by atoms with E-state index in [0.29, 0.717) is 19.1 Å². The van der Waals surface area contributed by atoms with Crippen LogP contribution in [0.3, 0.4) is 0 Å². The van der Waals surface area contributed by atoms with Gasteiger partial charge in [-0.25, -0.2) is 0 Å². The smallest absolute Gasteiger partial charge is 0.126 e. The van der Waals surface area contributed by atoms with Crippen molar-refractivity contribution < 1.29 is 9.84 Å². The van der Waals surface area contributed by atoms with Crippen molar-refractivity contribution >= 4 is 0 Å². The van der Waals surface area contributed by atoms with Crippen molar-refractivity contribution in [2.24, 2.45) is 5.73 Å². The van der Waals surface area contributed by atoms with Crippen LogP contribution in [0.15, 0.2) is 12.1 Å². The Hall–Kier alpha value is -1.22. The molecule has 0 aliphatic carbocycles. The molecule has 0 aliphatic rings. The molecular weight excluding hydrogens is 190 g/mol. The van der Waals surface area contributed by atoms with Gasteiger partial charge in [0.05, 0.1) is 0 Å². The van der Waals surface area contributed by atoms with E-state index >= 15 is 0 Å². The Morgan fingerprint density at radius 1 is 1.40 bits per heavy atom. The number of hydrogen-bond donors (Lipinski definition) is 2. The molecule has 0 aliphatic heterocycles. The Bertz CT molecular complexity index is 335. The first kappa shape index (κ1) is 11.9. The molecule has 0 unspecified atom stereocenters. The highest BCUT2D eigenvalue weighted by molar-refractivity contribution is 5.46. The maximum atomic E-state index is 9.59. The second-order valence-corrected chi connectivity index (χ2v) is 3.97. The maximum absolute atomic E-state index is 9.59. The highest BCUT2D eigenvalue weighted by Gasteiger charge is 2.10. The van der Waals surface area contributed by atoms with E-state index in [4.69, 9.17) is 10.5 Å². The van der Waals surface area contributed by atoms with Gasteiger partial charge in [0.25, 0.3) is 0 Å². The lowest BCUT2D eigenvalue weighted by atomic mass is 9.99. The van der Waals surface area contributed by atoms with Gasteiger partial charge in [0, 0.05) is 12.6 Å². The molecule has 84 valence electrons. The quantitative estimate of drug-likeness (QED) is 0.799. The third-order valence-corrected chi connectivity index (χ3v) is 2.33. The molecule has 0 atom stereocenters. The summed E-state index contributed by atoms with van der Waals surface area (Å²) in [5.74, 6) is 1.38. The molecule has 1 aromatic carbocycles. The molecule has 0 radical (unpaired) electrons. The number of nitrogens with two attached hydrogens (primary N) is 1. The number of benzene rings is 1. The molecule has 0 fully saturated rings. The lowest BCUT2D eigenvalue weighted by Gasteiger charge is -2.15. The van der Waals surface area contributed by atoms with Gasteiger partial charge in [0.2, 0.25) is 0 Å². The van der Waals surface area contributed by atoms with Gasteiger partial charge in [-0.2, -0.15) is 0 Å². The number of hydrogen-bond acceptors (Lipinski definition) is 3. The van der Waals surface area contributed by atoms with Gasteiger partial charge >= 0.3 is 0 Å². The highest BCUT2D eigenvalue weighted by atomic mass is 16.5. The fourth-order valence-electron chi connectivity index (χ4n) is 1.44. The second-order valence-electron chi connectivity index (χ2n) is 3.97. The van der Waals surface area contributed by atoms with Crippen molar-refractivity contribution in [2.45, 2.75) is 26.7 Å². The summed E-state index contributed by atoms with van der Waals surface area (Å²) in [4.78, 5) is 0. The first-order valence-electron chi connectivity index (χ1n) is 5.22. The Kier molecular flexibility index (Phi) is 3.97. The number of ether oxygens (including phenoxy) is 1. The van der Waals surface area contributed by atoms with Crippen molar-refractivity contribution in [1.29, 1.82) is 0 Å². The predicted octanol–water partition coefficient (Wildman–Crippen LogP) is 2.16. The molecule has 0 bridgehead atoms. The molecule has 0 spiro atoms. The third-order valence-electron chi connectivity index (χ3n) is 2.33. The molecule has 1 aromatic rings. The summed E-state index contributed by atoms with van der Waals surface area (Å²) in [7, 11) is 0. The lowest BCUT2D eigenvalue weighted by Crippen LogP contribution is -2.11. The number of aryl methyl sites for hydroxylation is 1. The average molecular weight is 209 g/mol. The van der Waals surface area contributed by atoms with E-state index in [9.17, 15) is 5.11 Å². The van der Waals surface area contributed by atoms with Crippen LogP contribution in [-0.4, -0.2) is 18.3 Å². The van der Waals surface area contributed by atoms with Crippen LogP contribution >= 0.6 is 0 Å². The van der Waals surface area contributed by atoms with Crippen molar-refractivity contribution in [3.63, 3.8) is 0 Å². The van der Waals surface area contributed by atoms with Gasteiger partial charge in [-0.15, -0.1) is 0 Å². The van der Waals surface area contributed by atoms with E-state index in [-0.39, 0.29) is 5.75 Å². The summed E-state index contributed by atoms with van der Waals surface area (Å²) in [6.45, 7) is 7.03. The summed E-state index contributed by atoms with van der Waals surface area (Å²) < 4.78 is 5.50. The van der Waals surface area contributed by atoms with E-state index in [1.807, 2.05) is 13.0 Å². The maximum Gasteiger partial charge on any atom is 0.126 e. The lowest BCUT2D eigenvalue weighted by molar-refractivity contribution is 0.321. The fraction of sp³-hybridized carbons (Fsp3) is 0.500. The molecule has 3 nitrogen and oxygen atoms in total. The molecule has 3 N–H and O–H groups in total. The largest absolute Gasteiger partial charge is 0.508 e. The molecule has 0 saturated heterocycles. The van der Waals surface area contributed by atoms with Gasteiger partial charge in [0.15, 0.2) is 0 Å². The second kappa shape index (κ2) is 5.03. The summed E-state index contributed by atoms with van der Waals surface area (Å²) in [5.41, 5.74) is 7.37. The molecule has 0 heterocycles. The minimum atomic E-state index is 0.270. The zero-order valence-corrected chi connectivity index (χ0v) is 9.58. The minimum absolute atomic E-state index is 0.270. The fourth-order valence-corrected chi connectivity index (χ4v) is 1.44. The molecule has 1 rings (SSSR count). The van der Waals surface area contributed by atoms with Gasteiger partial charge in [0.1, 0.15) is 18.1 Å². The van der Waals surface area contributed by atoms with Crippen LogP contribution in [-0.2, 0) is 0 Å². The predicted molar refractivity (Wildman–Crippen MR) is 61.5 cm³/mol. The molecular formula is C12H19NO2. The highest BCUT2D eigenvalue weighted by Crippen LogP contribution is 2.32. The zero-order valence-electron chi connectivity index (χ0n) is 9.58. The average Bonchev–Trinajstić information content (AvgIpc) is 2.19. The number of phenolic OH excluding ortho intramolecular Hbond substituents is 1. The van der Waals surface area contributed by atoms with E-state index in [2.05, 4.69) is 13.8 Å². The monoisotopic (exact) mass is 209 g/mol. The molecule has 0 amide bonds. The number of phenols is 1. The summed E-state index contributed by atoms with van der Waals surface area (Å²) >= 11 is 0. The van der Waals surface area contributed by atoms with Crippen molar-refractivity contribution in [3.05, 3.63) is 23.3 Å². The van der Waals surface area contributed by atoms with Crippen LogP contribution in [0.25, 0.3) is 0 Å². The van der Waals surface area contributed by atoms with Gasteiger partial charge < -0.3 is 15.6 Å². The summed E-state index contributed by atoms with van der Waals surface area (Å²) in [6, 6.07) is 3.63. The standard InChI is InChI=1S/C12H19NO2/c1-8(2)10-6-9(3)11(14)7-12(10)15-5-4-13/h6-8,14H,4-5,13H2,1-3H3. The molecule has 3 heteroatoms. The SMILES string of the molecule is Cc1cc(C(C)C)c(OCCN)cc1O. The van der Waals surface area contributed by atoms with Crippen LogP contribution in [0, 0.1) is 6.92 Å². The third kappa shape index (κ3) is 2.86. The van der Waals surface area contributed by atoms with E-state index in [1.165, 1.54) is 0 Å². The number of aromatic hydroxyl groups is 1. The van der Waals surface area contributed by atoms with Gasteiger partial charge in [-0.1, -0.05) is 13.8 Å². The molecule has 0 saturated carbocycles. The van der Waals surface area contributed by atoms with Crippen LogP contribution in [0.4, 0.5) is 0 Å². The van der Waals surface area contributed by atoms with Crippen LogP contribution in [0.5, 0.6) is 11.5 Å². The van der Waals surface area contributed by atoms with Crippen molar-refractivity contribution in [1.82, 2.24) is 0 Å².